The number of hydrogen-bond acceptors (Lipinski definition) is 4. The van der Waals surface area contributed by atoms with Crippen molar-refractivity contribution >= 4 is 11.4 Å². The Balaban J connectivity index is 2.35. The normalized spacial score (nSPS) is 20.4. The van der Waals surface area contributed by atoms with Gasteiger partial charge in [0.1, 0.15) is 11.5 Å². The number of nitro groups is 1. The molecule has 1 aromatic carbocycles. The molecular formula is C11H14FN3O2. The van der Waals surface area contributed by atoms with Crippen LogP contribution in [0.2, 0.25) is 0 Å². The minimum Gasteiger partial charge on any atom is -0.364 e. The lowest BCUT2D eigenvalue weighted by Crippen LogP contribution is -2.43. The summed E-state index contributed by atoms with van der Waals surface area (Å²) in [5.41, 5.74) is 6.08. The van der Waals surface area contributed by atoms with Crippen molar-refractivity contribution in [1.82, 2.24) is 0 Å². The molecule has 0 radical (unpaired) electrons. The number of nitrogens with zero attached hydrogens (tertiary/aromatic N) is 2. The molecule has 1 atom stereocenters. The van der Waals surface area contributed by atoms with Crippen LogP contribution in [0.25, 0.3) is 0 Å². The Morgan fingerprint density at radius 3 is 2.94 bits per heavy atom. The lowest BCUT2D eigenvalue weighted by atomic mass is 10.1. The van der Waals surface area contributed by atoms with Crippen LogP contribution in [0.5, 0.6) is 0 Å². The third-order valence-corrected chi connectivity index (χ3v) is 2.93. The maximum Gasteiger partial charge on any atom is 0.292 e. The predicted octanol–water partition coefficient (Wildman–Crippen LogP) is 1.66. The first-order valence-corrected chi connectivity index (χ1v) is 5.52. The number of benzene rings is 1. The summed E-state index contributed by atoms with van der Waals surface area (Å²) in [7, 11) is 0. The average molecular weight is 239 g/mol. The molecule has 2 N–H and O–H groups in total. The Morgan fingerprint density at radius 1 is 1.53 bits per heavy atom. The van der Waals surface area contributed by atoms with E-state index in [9.17, 15) is 14.5 Å². The fourth-order valence-electron chi connectivity index (χ4n) is 2.13. The van der Waals surface area contributed by atoms with Crippen molar-refractivity contribution in [1.29, 1.82) is 0 Å². The highest BCUT2D eigenvalue weighted by molar-refractivity contribution is 5.63. The van der Waals surface area contributed by atoms with Gasteiger partial charge in [-0.05, 0) is 18.9 Å². The van der Waals surface area contributed by atoms with Crippen molar-refractivity contribution < 1.29 is 9.31 Å². The summed E-state index contributed by atoms with van der Waals surface area (Å²) in [6.07, 6.45) is 1.77. The van der Waals surface area contributed by atoms with Gasteiger partial charge in [-0.3, -0.25) is 10.1 Å². The molecule has 1 aliphatic heterocycles. The zero-order chi connectivity index (χ0) is 12.4. The molecule has 1 fully saturated rings. The number of halogens is 1. The largest absolute Gasteiger partial charge is 0.364 e. The molecule has 1 unspecified atom stereocenters. The maximum absolute atomic E-state index is 13.2. The Morgan fingerprint density at radius 2 is 2.29 bits per heavy atom. The minimum atomic E-state index is -0.491. The molecule has 6 heteroatoms. The second kappa shape index (κ2) is 4.67. The fourth-order valence-corrected chi connectivity index (χ4v) is 2.13. The van der Waals surface area contributed by atoms with E-state index in [1.165, 1.54) is 12.1 Å². The van der Waals surface area contributed by atoms with Crippen LogP contribution in [-0.4, -0.2) is 24.1 Å². The molecule has 0 spiro atoms. The summed E-state index contributed by atoms with van der Waals surface area (Å²) in [4.78, 5) is 12.2. The summed E-state index contributed by atoms with van der Waals surface area (Å²) < 4.78 is 13.2. The van der Waals surface area contributed by atoms with Crippen LogP contribution in [0, 0.1) is 15.9 Å². The number of piperidine rings is 1. The Labute approximate surface area is 98.2 Å². The number of hydrogen-bond donors (Lipinski definition) is 1. The molecule has 0 bridgehead atoms. The molecule has 17 heavy (non-hydrogen) atoms. The number of nitro benzene ring substituents is 1. The second-order valence-corrected chi connectivity index (χ2v) is 4.24. The Kier molecular flexibility index (Phi) is 3.23. The minimum absolute atomic E-state index is 0.00776. The highest BCUT2D eigenvalue weighted by Gasteiger charge is 2.24. The summed E-state index contributed by atoms with van der Waals surface area (Å²) in [6, 6.07) is 3.50. The van der Waals surface area contributed by atoms with E-state index < -0.39 is 10.7 Å². The Bertz CT molecular complexity index is 439. The quantitative estimate of drug-likeness (QED) is 0.629. The smallest absolute Gasteiger partial charge is 0.292 e. The third-order valence-electron chi connectivity index (χ3n) is 2.93. The lowest BCUT2D eigenvalue weighted by Gasteiger charge is -2.32. The number of anilines is 1. The SMILES string of the molecule is NC1CCCN(c2cc(F)ccc2[N+](=O)[O-])C1. The van der Waals surface area contributed by atoms with Crippen LogP contribution < -0.4 is 10.6 Å². The van der Waals surface area contributed by atoms with E-state index in [-0.39, 0.29) is 11.7 Å². The fraction of sp³-hybridized carbons (Fsp3) is 0.455. The molecular weight excluding hydrogens is 225 g/mol. The summed E-state index contributed by atoms with van der Waals surface area (Å²) >= 11 is 0. The highest BCUT2D eigenvalue weighted by atomic mass is 19.1. The molecule has 2 rings (SSSR count). The van der Waals surface area contributed by atoms with Gasteiger partial charge in [0.15, 0.2) is 0 Å². The first-order valence-electron chi connectivity index (χ1n) is 5.52. The molecule has 1 heterocycles. The molecule has 1 aliphatic rings. The number of rotatable bonds is 2. The summed E-state index contributed by atoms with van der Waals surface area (Å²) in [5, 5.41) is 10.9. The second-order valence-electron chi connectivity index (χ2n) is 4.24. The van der Waals surface area contributed by atoms with Crippen LogP contribution in [-0.2, 0) is 0 Å². The Hall–Kier alpha value is -1.69. The van der Waals surface area contributed by atoms with Crippen molar-refractivity contribution in [2.45, 2.75) is 18.9 Å². The van der Waals surface area contributed by atoms with Gasteiger partial charge >= 0.3 is 0 Å². The monoisotopic (exact) mass is 239 g/mol. The topological polar surface area (TPSA) is 72.4 Å². The van der Waals surface area contributed by atoms with Crippen molar-refractivity contribution in [3.8, 4) is 0 Å². The first kappa shape index (κ1) is 11.8. The van der Waals surface area contributed by atoms with E-state index in [2.05, 4.69) is 0 Å². The predicted molar refractivity (Wildman–Crippen MR) is 62.5 cm³/mol. The zero-order valence-electron chi connectivity index (χ0n) is 9.30. The standard InChI is InChI=1S/C11H14FN3O2/c12-8-3-4-10(15(16)17)11(6-8)14-5-1-2-9(13)7-14/h3-4,6,9H,1-2,5,7,13H2. The van der Waals surface area contributed by atoms with Gasteiger partial charge in [-0.15, -0.1) is 0 Å². The van der Waals surface area contributed by atoms with Gasteiger partial charge < -0.3 is 10.6 Å². The molecule has 92 valence electrons. The molecule has 0 amide bonds. The van der Waals surface area contributed by atoms with E-state index in [4.69, 9.17) is 5.73 Å². The van der Waals surface area contributed by atoms with Crippen molar-refractivity contribution in [2.75, 3.05) is 18.0 Å². The lowest BCUT2D eigenvalue weighted by molar-refractivity contribution is -0.384. The molecule has 1 saturated heterocycles. The van der Waals surface area contributed by atoms with Crippen LogP contribution >= 0.6 is 0 Å². The van der Waals surface area contributed by atoms with Crippen LogP contribution in [0.3, 0.4) is 0 Å². The van der Waals surface area contributed by atoms with Crippen LogP contribution in [0.15, 0.2) is 18.2 Å². The molecule has 0 saturated carbocycles. The van der Waals surface area contributed by atoms with E-state index in [0.717, 1.165) is 18.9 Å². The zero-order valence-corrected chi connectivity index (χ0v) is 9.30. The molecule has 0 aliphatic carbocycles. The van der Waals surface area contributed by atoms with Gasteiger partial charge in [0.05, 0.1) is 4.92 Å². The van der Waals surface area contributed by atoms with Gasteiger partial charge in [-0.25, -0.2) is 4.39 Å². The maximum atomic E-state index is 13.2. The van der Waals surface area contributed by atoms with Gasteiger partial charge in [-0.2, -0.15) is 0 Å². The summed E-state index contributed by atoms with van der Waals surface area (Å²) in [5.74, 6) is -0.468. The number of nitrogens with two attached hydrogens (primary N) is 1. The van der Waals surface area contributed by atoms with Gasteiger partial charge in [-0.1, -0.05) is 0 Å². The average Bonchev–Trinajstić information content (AvgIpc) is 2.28. The van der Waals surface area contributed by atoms with Gasteiger partial charge in [0.25, 0.3) is 5.69 Å². The van der Waals surface area contributed by atoms with E-state index in [1.54, 1.807) is 4.90 Å². The highest BCUT2D eigenvalue weighted by Crippen LogP contribution is 2.30. The molecule has 5 nitrogen and oxygen atoms in total. The van der Waals surface area contributed by atoms with Crippen molar-refractivity contribution in [3.63, 3.8) is 0 Å². The van der Waals surface area contributed by atoms with Crippen LogP contribution in [0.1, 0.15) is 12.8 Å². The molecule has 1 aromatic rings. The third kappa shape index (κ3) is 2.52. The van der Waals surface area contributed by atoms with Crippen LogP contribution in [0.4, 0.5) is 15.8 Å². The van der Waals surface area contributed by atoms with Gasteiger partial charge in [0.2, 0.25) is 0 Å². The van der Waals surface area contributed by atoms with E-state index in [1.807, 2.05) is 0 Å². The first-order chi connectivity index (χ1) is 8.08. The van der Waals surface area contributed by atoms with Crippen molar-refractivity contribution in [2.24, 2.45) is 5.73 Å². The van der Waals surface area contributed by atoms with E-state index in [0.29, 0.717) is 18.8 Å². The molecule has 0 aromatic heterocycles. The van der Waals surface area contributed by atoms with E-state index >= 15 is 0 Å². The van der Waals surface area contributed by atoms with Crippen molar-refractivity contribution in [3.05, 3.63) is 34.1 Å². The summed E-state index contributed by atoms with van der Waals surface area (Å²) in [6.45, 7) is 1.21. The van der Waals surface area contributed by atoms with Gasteiger partial charge in [0, 0.05) is 31.3 Å².